The summed E-state index contributed by atoms with van der Waals surface area (Å²) in [7, 11) is 0. The third-order valence-corrected chi connectivity index (χ3v) is 10.4. The Bertz CT molecular complexity index is 2920. The Morgan fingerprint density at radius 3 is 1.37 bits per heavy atom. The fraction of sp³-hybridized carbons (Fsp3) is 0. The Morgan fingerprint density at radius 1 is 0.294 bits per heavy atom. The molecular weight excluding hydrogens is 634 g/mol. The Kier molecular flexibility index (Phi) is 6.53. The summed E-state index contributed by atoms with van der Waals surface area (Å²) >= 11 is 0. The maximum atomic E-state index is 14.4. The van der Waals surface area contributed by atoms with Crippen LogP contribution in [-0.2, 0) is 0 Å². The van der Waals surface area contributed by atoms with Crippen molar-refractivity contribution in [3.8, 4) is 44.5 Å². The first-order valence-electron chi connectivity index (χ1n) is 17.0. The summed E-state index contributed by atoms with van der Waals surface area (Å²) in [6, 6.07) is 55.3. The SMILES string of the molecule is Fc1cc(-c2ccc3ccc4c(-c5c6ccccc6c(-c6cccc(-c7ccccc7)c6)c6ccccc56)ccc5ccc2c3c54)cc(F)c1F. The van der Waals surface area contributed by atoms with Gasteiger partial charge in [0, 0.05) is 0 Å². The lowest BCUT2D eigenvalue weighted by atomic mass is 9.82. The smallest absolute Gasteiger partial charge is 0.194 e. The van der Waals surface area contributed by atoms with E-state index in [4.69, 9.17) is 0 Å². The van der Waals surface area contributed by atoms with Crippen LogP contribution in [-0.4, -0.2) is 0 Å². The van der Waals surface area contributed by atoms with Gasteiger partial charge in [-0.15, -0.1) is 0 Å². The Balaban J connectivity index is 1.27. The standard InChI is InChI=1S/C48H27F3/c49-42-26-33(27-43(50)48(42)51)34-21-17-29-19-23-40-41(24-20-30-18-22-39(34)45(29)46(30)40)47-37-15-6-4-13-35(37)44(36-14-5-7-16-38(36)47)32-12-8-11-31(25-32)28-9-2-1-3-10-28/h1-27H. The van der Waals surface area contributed by atoms with Crippen molar-refractivity contribution in [2.75, 3.05) is 0 Å². The molecule has 0 unspecified atom stereocenters. The Morgan fingerprint density at radius 2 is 0.765 bits per heavy atom. The molecule has 0 aliphatic carbocycles. The second-order valence-electron chi connectivity index (χ2n) is 13.2. The molecule has 0 amide bonds. The van der Waals surface area contributed by atoms with Gasteiger partial charge in [0.2, 0.25) is 0 Å². The minimum atomic E-state index is -1.46. The van der Waals surface area contributed by atoms with Crippen LogP contribution in [0.1, 0.15) is 0 Å². The Labute approximate surface area is 292 Å². The molecule has 0 aliphatic rings. The summed E-state index contributed by atoms with van der Waals surface area (Å²) in [5, 5.41) is 10.8. The van der Waals surface area contributed by atoms with E-state index in [0.717, 1.165) is 71.9 Å². The van der Waals surface area contributed by atoms with Crippen molar-refractivity contribution in [3.05, 3.63) is 181 Å². The molecule has 0 aliphatic heterocycles. The lowest BCUT2D eigenvalue weighted by molar-refractivity contribution is 0.448. The fourth-order valence-electron chi connectivity index (χ4n) is 8.20. The highest BCUT2D eigenvalue weighted by Gasteiger charge is 2.21. The van der Waals surface area contributed by atoms with Crippen LogP contribution in [0.4, 0.5) is 13.2 Å². The maximum Gasteiger partial charge on any atom is 0.194 e. The second-order valence-corrected chi connectivity index (χ2v) is 13.2. The molecule has 0 aromatic heterocycles. The number of hydrogen-bond donors (Lipinski definition) is 0. The van der Waals surface area contributed by atoms with Crippen LogP contribution < -0.4 is 0 Å². The topological polar surface area (TPSA) is 0 Å². The van der Waals surface area contributed by atoms with Gasteiger partial charge in [0.05, 0.1) is 0 Å². The van der Waals surface area contributed by atoms with Gasteiger partial charge in [-0.2, -0.15) is 0 Å². The van der Waals surface area contributed by atoms with E-state index in [9.17, 15) is 13.2 Å². The van der Waals surface area contributed by atoms with Gasteiger partial charge in [-0.25, -0.2) is 13.2 Å². The zero-order valence-corrected chi connectivity index (χ0v) is 27.2. The van der Waals surface area contributed by atoms with Crippen LogP contribution in [0.25, 0.3) is 98.4 Å². The number of hydrogen-bond acceptors (Lipinski definition) is 0. The molecular formula is C48H27F3. The van der Waals surface area contributed by atoms with Gasteiger partial charge < -0.3 is 0 Å². The van der Waals surface area contributed by atoms with Gasteiger partial charge in [0.15, 0.2) is 17.5 Å². The van der Waals surface area contributed by atoms with Crippen LogP contribution >= 0.6 is 0 Å². The molecule has 51 heavy (non-hydrogen) atoms. The van der Waals surface area contributed by atoms with E-state index in [1.54, 1.807) is 0 Å². The van der Waals surface area contributed by atoms with E-state index in [0.29, 0.717) is 11.1 Å². The molecule has 240 valence electrons. The average Bonchev–Trinajstić information content (AvgIpc) is 3.18. The largest absolute Gasteiger partial charge is 0.204 e. The van der Waals surface area contributed by atoms with Crippen LogP contribution in [0.3, 0.4) is 0 Å². The first-order chi connectivity index (χ1) is 25.0. The van der Waals surface area contributed by atoms with Crippen LogP contribution in [0.5, 0.6) is 0 Å². The molecule has 0 fully saturated rings. The summed E-state index contributed by atoms with van der Waals surface area (Å²) in [4.78, 5) is 0. The summed E-state index contributed by atoms with van der Waals surface area (Å²) < 4.78 is 42.8. The van der Waals surface area contributed by atoms with Gasteiger partial charge in [-0.1, -0.05) is 146 Å². The molecule has 0 heterocycles. The number of halogens is 3. The molecule has 10 aromatic carbocycles. The quantitative estimate of drug-likeness (QED) is 0.100. The van der Waals surface area contributed by atoms with Crippen molar-refractivity contribution in [1.82, 2.24) is 0 Å². The van der Waals surface area contributed by atoms with Crippen molar-refractivity contribution < 1.29 is 13.2 Å². The zero-order chi connectivity index (χ0) is 34.2. The summed E-state index contributed by atoms with van der Waals surface area (Å²) in [6.45, 7) is 0. The van der Waals surface area contributed by atoms with Crippen LogP contribution in [0, 0.1) is 17.5 Å². The monoisotopic (exact) mass is 660 g/mol. The molecule has 0 saturated heterocycles. The zero-order valence-electron chi connectivity index (χ0n) is 27.2. The van der Waals surface area contributed by atoms with E-state index < -0.39 is 17.5 Å². The lowest BCUT2D eigenvalue weighted by Gasteiger charge is -2.21. The van der Waals surface area contributed by atoms with E-state index in [1.807, 2.05) is 24.3 Å². The summed E-state index contributed by atoms with van der Waals surface area (Å²) in [5.41, 5.74) is 7.92. The summed E-state index contributed by atoms with van der Waals surface area (Å²) in [5.74, 6) is -3.87. The molecule has 10 aromatic rings. The van der Waals surface area contributed by atoms with Gasteiger partial charge in [0.1, 0.15) is 0 Å². The molecule has 0 saturated carbocycles. The molecule has 0 spiro atoms. The third kappa shape index (κ3) is 4.48. The summed E-state index contributed by atoms with van der Waals surface area (Å²) in [6.07, 6.45) is 0. The fourth-order valence-corrected chi connectivity index (χ4v) is 8.20. The van der Waals surface area contributed by atoms with Crippen molar-refractivity contribution in [2.45, 2.75) is 0 Å². The molecule has 0 nitrogen and oxygen atoms in total. The highest BCUT2D eigenvalue weighted by Crippen LogP contribution is 2.48. The minimum Gasteiger partial charge on any atom is -0.204 e. The molecule has 10 rings (SSSR count). The first-order valence-corrected chi connectivity index (χ1v) is 17.0. The number of fused-ring (bicyclic) bond motifs is 2. The minimum absolute atomic E-state index is 0.300. The van der Waals surface area contributed by atoms with Crippen molar-refractivity contribution in [2.24, 2.45) is 0 Å². The molecule has 0 atom stereocenters. The van der Waals surface area contributed by atoms with Crippen molar-refractivity contribution in [3.63, 3.8) is 0 Å². The van der Waals surface area contributed by atoms with Crippen LogP contribution in [0.15, 0.2) is 164 Å². The predicted molar refractivity (Wildman–Crippen MR) is 207 cm³/mol. The first kappa shape index (κ1) is 29.5. The highest BCUT2D eigenvalue weighted by atomic mass is 19.2. The third-order valence-electron chi connectivity index (χ3n) is 10.4. The van der Waals surface area contributed by atoms with Crippen molar-refractivity contribution >= 4 is 53.9 Å². The molecule has 0 N–H and O–H groups in total. The van der Waals surface area contributed by atoms with Gasteiger partial charge in [0.25, 0.3) is 0 Å². The normalized spacial score (nSPS) is 11.8. The number of benzene rings is 10. The van der Waals surface area contributed by atoms with Gasteiger partial charge in [-0.3, -0.25) is 0 Å². The second kappa shape index (κ2) is 11.3. The predicted octanol–water partition coefficient (Wildman–Crippen LogP) is 14.0. The van der Waals surface area contributed by atoms with E-state index in [-0.39, 0.29) is 0 Å². The molecule has 3 heteroatoms. The average molecular weight is 661 g/mol. The van der Waals surface area contributed by atoms with Crippen LogP contribution in [0.2, 0.25) is 0 Å². The lowest BCUT2D eigenvalue weighted by Crippen LogP contribution is -1.94. The van der Waals surface area contributed by atoms with Crippen molar-refractivity contribution in [1.29, 1.82) is 0 Å². The van der Waals surface area contributed by atoms with E-state index >= 15 is 0 Å². The molecule has 0 bridgehead atoms. The van der Waals surface area contributed by atoms with Gasteiger partial charge in [-0.05, 0) is 117 Å². The van der Waals surface area contributed by atoms with E-state index in [2.05, 4.69) is 127 Å². The van der Waals surface area contributed by atoms with Gasteiger partial charge >= 0.3 is 0 Å². The molecule has 0 radical (unpaired) electrons. The maximum absolute atomic E-state index is 14.4. The Hall–Kier alpha value is -6.45. The highest BCUT2D eigenvalue weighted by molar-refractivity contribution is 6.30. The number of rotatable bonds is 4. The van der Waals surface area contributed by atoms with E-state index in [1.165, 1.54) is 27.5 Å².